The van der Waals surface area contributed by atoms with Crippen molar-refractivity contribution in [3.8, 4) is 5.75 Å². The number of rotatable bonds is 18. The Morgan fingerprint density at radius 3 is 1.97 bits per heavy atom. The van der Waals surface area contributed by atoms with E-state index in [1.54, 1.807) is 32.9 Å². The molecule has 2 aliphatic carbocycles. The number of hydrogen-bond acceptors (Lipinski definition) is 14. The number of halogens is 3. The molecule has 10 atom stereocenters. The van der Waals surface area contributed by atoms with Crippen LogP contribution in [0, 0.1) is 17.3 Å². The van der Waals surface area contributed by atoms with E-state index in [2.05, 4.69) is 22.5 Å². The first kappa shape index (κ1) is 88.3. The van der Waals surface area contributed by atoms with Crippen molar-refractivity contribution in [2.75, 3.05) is 95.8 Å². The van der Waals surface area contributed by atoms with Crippen LogP contribution in [0.2, 0.25) is 0 Å². The summed E-state index contributed by atoms with van der Waals surface area (Å²) in [6, 6.07) is 0.0582. The van der Waals surface area contributed by atoms with Crippen LogP contribution in [0.5, 0.6) is 5.75 Å². The largest absolute Gasteiger partial charge is 0.496 e. The number of unbranched alkanes of at least 4 members (excludes halogenated alkanes) is 1. The fourth-order valence-corrected chi connectivity index (χ4v) is 16.3. The van der Waals surface area contributed by atoms with Gasteiger partial charge in [0.15, 0.2) is 0 Å². The molecule has 29 heteroatoms. The van der Waals surface area contributed by atoms with E-state index in [4.69, 9.17) is 9.47 Å². The lowest BCUT2D eigenvalue weighted by atomic mass is 9.58. The zero-order valence-electron chi connectivity index (χ0n) is 67.2. The molecule has 3 heterocycles. The van der Waals surface area contributed by atoms with Crippen molar-refractivity contribution in [2.45, 2.75) is 230 Å². The van der Waals surface area contributed by atoms with Crippen LogP contribution in [0.3, 0.4) is 0 Å². The molecule has 26 nitrogen and oxygen atoms in total. The number of likely N-dealkylation sites (N-methyl/N-ethyl adjacent to an activating group) is 7. The molecule has 3 N–H and O–H groups in total. The molecule has 0 radical (unpaired) electrons. The number of allylic oxidation sites excluding steroid dienone is 1. The van der Waals surface area contributed by atoms with Gasteiger partial charge in [0.05, 0.1) is 38.3 Å². The smallest absolute Gasteiger partial charge is 0.419 e. The summed E-state index contributed by atoms with van der Waals surface area (Å²) in [6.45, 7) is 15.5. The number of methoxy groups -OCH3 is 1. The summed E-state index contributed by atoms with van der Waals surface area (Å²) in [4.78, 5) is 195. The van der Waals surface area contributed by atoms with Crippen molar-refractivity contribution in [1.29, 1.82) is 0 Å². The lowest BCUT2D eigenvalue weighted by Gasteiger charge is -2.54. The van der Waals surface area contributed by atoms with Gasteiger partial charge in [-0.1, -0.05) is 102 Å². The van der Waals surface area contributed by atoms with E-state index in [-0.39, 0.29) is 89.6 Å². The number of carbonyl (C=O) groups is 12. The molecule has 7 rings (SSSR count). The summed E-state index contributed by atoms with van der Waals surface area (Å²) in [7, 11) is 11.1. The highest BCUT2D eigenvalue weighted by Gasteiger charge is 2.59. The second-order valence-electron chi connectivity index (χ2n) is 31.5. The predicted octanol–water partition coefficient (Wildman–Crippen LogP) is 6.35. The third-order valence-corrected chi connectivity index (χ3v) is 23.0. The summed E-state index contributed by atoms with van der Waals surface area (Å²) >= 11 is 0. The van der Waals surface area contributed by atoms with Crippen LogP contribution in [0.4, 0.5) is 13.2 Å². The van der Waals surface area contributed by atoms with Crippen molar-refractivity contribution >= 4 is 70.9 Å². The maximum atomic E-state index is 15.9. The zero-order chi connectivity index (χ0) is 81.4. The molecule has 1 spiro atoms. The summed E-state index contributed by atoms with van der Waals surface area (Å²) in [5.74, 6) is -9.86. The van der Waals surface area contributed by atoms with Gasteiger partial charge in [0.25, 0.3) is 0 Å². The third kappa shape index (κ3) is 21.4. The highest BCUT2D eigenvalue weighted by molar-refractivity contribution is 6.01. The molecular formula is C81H119F3N12O14. The van der Waals surface area contributed by atoms with E-state index < -0.39 is 185 Å². The molecule has 110 heavy (non-hydrogen) atoms. The molecule has 2 aromatic rings. The van der Waals surface area contributed by atoms with Gasteiger partial charge in [0.2, 0.25) is 70.9 Å². The third-order valence-electron chi connectivity index (χ3n) is 23.0. The molecule has 608 valence electrons. The molecule has 2 saturated heterocycles. The Morgan fingerprint density at radius 1 is 0.727 bits per heavy atom. The van der Waals surface area contributed by atoms with Crippen LogP contribution in [-0.2, 0) is 87.7 Å². The Labute approximate surface area is 646 Å². The Balaban J connectivity index is 1.37. The van der Waals surface area contributed by atoms with Gasteiger partial charge in [0.1, 0.15) is 59.6 Å². The molecule has 0 unspecified atom stereocenters. The van der Waals surface area contributed by atoms with E-state index in [9.17, 15) is 32.3 Å². The van der Waals surface area contributed by atoms with Gasteiger partial charge in [-0.05, 0) is 137 Å². The Morgan fingerprint density at radius 2 is 1.37 bits per heavy atom. The molecule has 0 aromatic heterocycles. The van der Waals surface area contributed by atoms with Crippen molar-refractivity contribution in [3.05, 3.63) is 89.5 Å². The minimum absolute atomic E-state index is 0.00352. The average molecular weight is 1540 g/mol. The number of carbonyl (C=O) groups excluding carboxylic acids is 12. The van der Waals surface area contributed by atoms with E-state index in [1.165, 1.54) is 95.8 Å². The Hall–Kier alpha value is -8.89. The SMILES string of the molecule is C=CCCC[C@H]1C(=O)N[C@@H]([C@@H](C)CC)C(=O)N(C)CC(=O)N(C)[C@H]2C/C=C\CCN(C2=O)[C@@H](Cc2ccc(CC)cc2)C(=O)N(C)CC(=O)N[C@@H](CCc2ccc(C(F)(F)F)c(OC)c2)C(=O)N2C[C@H](OCC)C[C@H]2C(=O)NC2(CC(C)(C)C2)C(=O)N(C)[C@@H](C2CCCC2)C(=O)N(C)[C@H](C(=O)N(C)CC)CC(=O)N1C. The highest BCUT2D eigenvalue weighted by atomic mass is 19.4. The minimum atomic E-state index is -4.79. The summed E-state index contributed by atoms with van der Waals surface area (Å²) in [5.41, 5.74) is -1.35. The summed E-state index contributed by atoms with van der Waals surface area (Å²) < 4.78 is 54.0. The van der Waals surface area contributed by atoms with Gasteiger partial charge in [-0.2, -0.15) is 13.2 Å². The first-order chi connectivity index (χ1) is 51.9. The van der Waals surface area contributed by atoms with Crippen LogP contribution >= 0.6 is 0 Å². The molecule has 4 fully saturated rings. The standard InChI is InChI=1S/C81H119F3N12O14/c1-17-22-24-31-59-70(100)86-68(51(6)18-2)76(106)90(11)48-67(99)92(13)60-32-25-23-28-41-95(75(60)105)63(42-53-35-33-52(19-3)34-36-53)74(104)89(10)47-65(97)85-58(40-38-54-37-39-57(81(82,83)84)64(43-54)109-16)72(102)96-46-56(110-21-5)44-61(96)71(101)87-80(49-79(7,8)50-80)78(108)94(15)69(55-29-26-27-30-55)77(107)93(14)62(45-66(98)91(59)12)73(103)88(9)20-4/h17,23,25,33-37,39,43,51,55-56,58-63,68-69H,1,18-22,24,26-32,38,40-42,44-50H2,2-16H3,(H,85,97)(H,86,100)(H,87,101)/b25-23-/t51-,56+,58-,59-,60-,61-,62-,63-,68-,69-/m0/s1. The quantitative estimate of drug-likeness (QED) is 0.108. The molecular weight excluding hydrogens is 1420 g/mol. The molecule has 2 bridgehead atoms. The van der Waals surface area contributed by atoms with E-state index in [0.29, 0.717) is 56.9 Å². The number of ether oxygens (including phenoxy) is 2. The number of nitrogens with one attached hydrogen (secondary N) is 3. The number of nitrogens with zero attached hydrogens (tertiary/aromatic N) is 9. The van der Waals surface area contributed by atoms with Gasteiger partial charge >= 0.3 is 6.18 Å². The normalized spacial score (nSPS) is 26.0. The number of amides is 12. The monoisotopic (exact) mass is 1540 g/mol. The van der Waals surface area contributed by atoms with E-state index in [0.717, 1.165) is 28.5 Å². The molecule has 3 aliphatic heterocycles. The van der Waals surface area contributed by atoms with Gasteiger partial charge in [-0.15, -0.1) is 6.58 Å². The van der Waals surface area contributed by atoms with E-state index >= 15 is 38.4 Å². The molecule has 2 aromatic carbocycles. The van der Waals surface area contributed by atoms with Gasteiger partial charge in [0, 0.05) is 88.4 Å². The number of alkyl halides is 3. The van der Waals surface area contributed by atoms with Crippen LogP contribution in [0.1, 0.15) is 167 Å². The average Bonchev–Trinajstić information content (AvgIpc) is 0.987. The van der Waals surface area contributed by atoms with Gasteiger partial charge < -0.3 is 69.5 Å². The minimum Gasteiger partial charge on any atom is -0.496 e. The van der Waals surface area contributed by atoms with Crippen molar-refractivity contribution in [1.82, 2.24) is 60.0 Å². The zero-order valence-corrected chi connectivity index (χ0v) is 67.2. The topological polar surface area (TPSA) is 289 Å². The lowest BCUT2D eigenvalue weighted by molar-refractivity contribution is -0.161. The van der Waals surface area contributed by atoms with Crippen LogP contribution in [-0.4, -0.2) is 271 Å². The number of hydrogen-bond donors (Lipinski definition) is 3. The Kier molecular flexibility index (Phi) is 31.2. The van der Waals surface area contributed by atoms with Crippen LogP contribution < -0.4 is 20.7 Å². The fraction of sp³-hybridized carbons (Fsp3) is 0.654. The van der Waals surface area contributed by atoms with Crippen LogP contribution in [0.15, 0.2) is 67.3 Å². The van der Waals surface area contributed by atoms with Crippen molar-refractivity contribution in [2.24, 2.45) is 17.3 Å². The molecule has 2 saturated carbocycles. The predicted molar refractivity (Wildman–Crippen MR) is 408 cm³/mol. The summed E-state index contributed by atoms with van der Waals surface area (Å²) in [5, 5.41) is 8.79. The first-order valence-electron chi connectivity index (χ1n) is 38.9. The molecule has 5 aliphatic rings. The van der Waals surface area contributed by atoms with Crippen molar-refractivity contribution < 1.29 is 80.2 Å². The number of benzene rings is 2. The van der Waals surface area contributed by atoms with Gasteiger partial charge in [-0.3, -0.25) is 57.5 Å². The lowest BCUT2D eigenvalue weighted by Crippen LogP contribution is -2.71. The van der Waals surface area contributed by atoms with Crippen molar-refractivity contribution in [3.63, 3.8) is 0 Å². The van der Waals surface area contributed by atoms with E-state index in [1.807, 2.05) is 58.0 Å². The maximum Gasteiger partial charge on any atom is 0.419 e. The number of fused-ring (bicyclic) bond motifs is 3. The molecule has 12 amide bonds. The van der Waals surface area contributed by atoms with Crippen LogP contribution in [0.25, 0.3) is 0 Å². The second kappa shape index (κ2) is 38.8. The van der Waals surface area contributed by atoms with Gasteiger partial charge in [-0.25, -0.2) is 0 Å². The fourth-order valence-electron chi connectivity index (χ4n) is 16.3. The highest BCUT2D eigenvalue weighted by Crippen LogP contribution is 2.50. The summed E-state index contributed by atoms with van der Waals surface area (Å²) in [6.07, 6.45) is 3.36. The first-order valence-corrected chi connectivity index (χ1v) is 38.9. The number of aryl methyl sites for hydroxylation is 2. The Bertz CT molecular complexity index is 3670. The second-order valence-corrected chi connectivity index (χ2v) is 31.5. The maximum absolute atomic E-state index is 15.9.